The molecule has 2 aromatic heterocycles. The van der Waals surface area contributed by atoms with Crippen molar-refractivity contribution in [2.75, 3.05) is 11.9 Å². The number of carbonyl (C=O) groups excluding carboxylic acids is 1. The second-order valence-corrected chi connectivity index (χ2v) is 6.58. The maximum Gasteiger partial charge on any atom is 0.257 e. The third kappa shape index (κ3) is 3.30. The fraction of sp³-hybridized carbons (Fsp3) is 0.316. The van der Waals surface area contributed by atoms with Crippen molar-refractivity contribution in [2.24, 2.45) is 0 Å². The van der Waals surface area contributed by atoms with Crippen LogP contribution >= 0.6 is 0 Å². The second-order valence-electron chi connectivity index (χ2n) is 6.58. The van der Waals surface area contributed by atoms with Gasteiger partial charge in [-0.25, -0.2) is 13.9 Å². The number of halogens is 1. The highest BCUT2D eigenvalue weighted by Crippen LogP contribution is 2.29. The maximum atomic E-state index is 13.8. The summed E-state index contributed by atoms with van der Waals surface area (Å²) in [6.45, 7) is 4.16. The lowest BCUT2D eigenvalue weighted by atomic mass is 10.1. The van der Waals surface area contributed by atoms with Crippen molar-refractivity contribution < 1.29 is 13.9 Å². The number of benzene rings is 1. The van der Waals surface area contributed by atoms with Crippen LogP contribution in [-0.2, 0) is 0 Å². The molecule has 0 spiro atoms. The molecule has 4 rings (SSSR count). The summed E-state index contributed by atoms with van der Waals surface area (Å²) in [5.74, 6) is 0.548. The predicted molar refractivity (Wildman–Crippen MR) is 98.5 cm³/mol. The Kier molecular flexibility index (Phi) is 4.39. The van der Waals surface area contributed by atoms with Crippen molar-refractivity contribution in [3.63, 3.8) is 0 Å². The van der Waals surface area contributed by atoms with Crippen LogP contribution in [0.15, 0.2) is 36.7 Å². The Hall–Kier alpha value is -3.16. The number of hydrogen-bond donors (Lipinski definition) is 2. The Morgan fingerprint density at radius 3 is 3.00 bits per heavy atom. The first-order chi connectivity index (χ1) is 13.0. The zero-order valence-corrected chi connectivity index (χ0v) is 15.1. The van der Waals surface area contributed by atoms with E-state index in [0.29, 0.717) is 34.8 Å². The Bertz CT molecular complexity index is 1000. The third-order valence-electron chi connectivity index (χ3n) is 4.68. The number of aromatic nitrogens is 3. The normalized spacial score (nSPS) is 19.9. The SMILES string of the molecule is CC[C@H]1COc2ccc(F)cc2[C@@H](C)Nc2ccn3ncc(c3n2)C(=O)N1. The van der Waals surface area contributed by atoms with Gasteiger partial charge in [-0.1, -0.05) is 6.92 Å². The summed E-state index contributed by atoms with van der Waals surface area (Å²) in [5, 5.41) is 10.4. The van der Waals surface area contributed by atoms with Crippen LogP contribution in [0.3, 0.4) is 0 Å². The Morgan fingerprint density at radius 2 is 2.19 bits per heavy atom. The fourth-order valence-electron chi connectivity index (χ4n) is 3.11. The molecule has 1 aromatic carbocycles. The maximum absolute atomic E-state index is 13.8. The molecular formula is C19H20FN5O2. The van der Waals surface area contributed by atoms with E-state index in [4.69, 9.17) is 4.74 Å². The summed E-state index contributed by atoms with van der Waals surface area (Å²) < 4.78 is 21.3. The summed E-state index contributed by atoms with van der Waals surface area (Å²) in [6, 6.07) is 5.74. The number of amides is 1. The van der Waals surface area contributed by atoms with Crippen molar-refractivity contribution in [1.29, 1.82) is 0 Å². The first-order valence-electron chi connectivity index (χ1n) is 8.89. The molecular weight excluding hydrogens is 349 g/mol. The van der Waals surface area contributed by atoms with Gasteiger partial charge in [-0.05, 0) is 37.6 Å². The van der Waals surface area contributed by atoms with Gasteiger partial charge >= 0.3 is 0 Å². The van der Waals surface area contributed by atoms with Gasteiger partial charge in [-0.3, -0.25) is 4.79 Å². The molecule has 2 atom stereocenters. The van der Waals surface area contributed by atoms with Gasteiger partial charge in [0.25, 0.3) is 5.91 Å². The number of rotatable bonds is 1. The predicted octanol–water partition coefficient (Wildman–Crippen LogP) is 2.94. The number of nitrogens with zero attached hydrogens (tertiary/aromatic N) is 3. The smallest absolute Gasteiger partial charge is 0.257 e. The monoisotopic (exact) mass is 369 g/mol. The average Bonchev–Trinajstić information content (AvgIpc) is 3.08. The molecule has 3 aromatic rings. The molecule has 1 aliphatic heterocycles. The highest BCUT2D eigenvalue weighted by atomic mass is 19.1. The topological polar surface area (TPSA) is 80.6 Å². The van der Waals surface area contributed by atoms with Gasteiger partial charge in [-0.15, -0.1) is 0 Å². The summed E-state index contributed by atoms with van der Waals surface area (Å²) in [5.41, 5.74) is 1.54. The molecule has 7 nitrogen and oxygen atoms in total. The Morgan fingerprint density at radius 1 is 1.33 bits per heavy atom. The average molecular weight is 369 g/mol. The van der Waals surface area contributed by atoms with E-state index in [2.05, 4.69) is 20.7 Å². The van der Waals surface area contributed by atoms with Gasteiger partial charge in [-0.2, -0.15) is 5.10 Å². The minimum atomic E-state index is -0.336. The first-order valence-corrected chi connectivity index (χ1v) is 8.89. The van der Waals surface area contributed by atoms with Crippen molar-refractivity contribution in [1.82, 2.24) is 19.9 Å². The molecule has 0 fully saturated rings. The lowest BCUT2D eigenvalue weighted by Gasteiger charge is -2.21. The minimum absolute atomic E-state index is 0.197. The molecule has 0 saturated carbocycles. The number of ether oxygens (including phenoxy) is 1. The van der Waals surface area contributed by atoms with Crippen molar-refractivity contribution in [3.05, 3.63) is 53.6 Å². The molecule has 2 bridgehead atoms. The van der Waals surface area contributed by atoms with Crippen LogP contribution < -0.4 is 15.4 Å². The molecule has 3 heterocycles. The van der Waals surface area contributed by atoms with E-state index in [1.54, 1.807) is 22.8 Å². The van der Waals surface area contributed by atoms with Crippen molar-refractivity contribution in [2.45, 2.75) is 32.4 Å². The summed E-state index contributed by atoms with van der Waals surface area (Å²) in [6.07, 6.45) is 3.92. The largest absolute Gasteiger partial charge is 0.491 e. The number of anilines is 1. The van der Waals surface area contributed by atoms with Crippen LogP contribution in [0.2, 0.25) is 0 Å². The van der Waals surface area contributed by atoms with E-state index in [-0.39, 0.29) is 30.4 Å². The van der Waals surface area contributed by atoms with Gasteiger partial charge in [0, 0.05) is 11.8 Å². The first kappa shape index (κ1) is 17.3. The number of carbonyl (C=O) groups is 1. The number of nitrogens with one attached hydrogen (secondary N) is 2. The van der Waals surface area contributed by atoms with Gasteiger partial charge in [0.05, 0.1) is 18.3 Å². The molecule has 0 saturated heterocycles. The van der Waals surface area contributed by atoms with E-state index in [0.717, 1.165) is 0 Å². The molecule has 0 unspecified atom stereocenters. The quantitative estimate of drug-likeness (QED) is 0.689. The van der Waals surface area contributed by atoms with Crippen LogP contribution in [0.5, 0.6) is 5.75 Å². The van der Waals surface area contributed by atoms with Crippen LogP contribution in [0.1, 0.15) is 42.2 Å². The third-order valence-corrected chi connectivity index (χ3v) is 4.68. The van der Waals surface area contributed by atoms with Gasteiger partial charge in [0.2, 0.25) is 0 Å². The number of hydrogen-bond acceptors (Lipinski definition) is 5. The van der Waals surface area contributed by atoms with E-state index in [9.17, 15) is 9.18 Å². The van der Waals surface area contributed by atoms with E-state index in [1.165, 1.54) is 18.3 Å². The molecule has 0 aliphatic carbocycles. The van der Waals surface area contributed by atoms with Crippen molar-refractivity contribution in [3.8, 4) is 5.75 Å². The minimum Gasteiger partial charge on any atom is -0.491 e. The van der Waals surface area contributed by atoms with E-state index < -0.39 is 0 Å². The Labute approximate surface area is 155 Å². The fourth-order valence-corrected chi connectivity index (χ4v) is 3.11. The van der Waals surface area contributed by atoms with Gasteiger partial charge in [0.15, 0.2) is 5.65 Å². The van der Waals surface area contributed by atoms with Crippen LogP contribution in [-0.4, -0.2) is 33.2 Å². The van der Waals surface area contributed by atoms with Gasteiger partial charge in [0.1, 0.15) is 29.6 Å². The van der Waals surface area contributed by atoms with E-state index in [1.807, 2.05) is 13.8 Å². The van der Waals surface area contributed by atoms with Crippen LogP contribution in [0, 0.1) is 5.82 Å². The van der Waals surface area contributed by atoms with Crippen molar-refractivity contribution >= 4 is 17.4 Å². The van der Waals surface area contributed by atoms with Crippen LogP contribution in [0.25, 0.3) is 5.65 Å². The number of fused-ring (bicyclic) bond motifs is 2. The lowest BCUT2D eigenvalue weighted by molar-refractivity contribution is 0.0921. The molecule has 0 radical (unpaired) electrons. The summed E-state index contributed by atoms with van der Waals surface area (Å²) >= 11 is 0. The van der Waals surface area contributed by atoms with E-state index >= 15 is 0 Å². The zero-order valence-electron chi connectivity index (χ0n) is 15.1. The standard InChI is InChI=1S/C19H20FN5O2/c1-3-13-10-27-16-5-4-12(20)8-14(16)11(2)22-17-6-7-25-18(24-17)15(9-21-25)19(26)23-13/h4-9,11,13H,3,10H2,1-2H3,(H,22,24)(H,23,26)/t11-,13+/m1/s1. The zero-order chi connectivity index (χ0) is 19.0. The summed E-state index contributed by atoms with van der Waals surface area (Å²) in [7, 11) is 0. The molecule has 2 N–H and O–H groups in total. The summed E-state index contributed by atoms with van der Waals surface area (Å²) in [4.78, 5) is 17.2. The molecule has 8 heteroatoms. The lowest BCUT2D eigenvalue weighted by Crippen LogP contribution is -2.38. The molecule has 1 amide bonds. The molecule has 1 aliphatic rings. The molecule has 140 valence electrons. The Balaban J connectivity index is 1.82. The van der Waals surface area contributed by atoms with Gasteiger partial charge < -0.3 is 15.4 Å². The highest BCUT2D eigenvalue weighted by molar-refractivity contribution is 5.99. The second kappa shape index (κ2) is 6.86. The molecule has 27 heavy (non-hydrogen) atoms. The highest BCUT2D eigenvalue weighted by Gasteiger charge is 2.21. The van der Waals surface area contributed by atoms with Crippen LogP contribution in [0.4, 0.5) is 10.2 Å².